The van der Waals surface area contributed by atoms with Crippen LogP contribution in [0.25, 0.3) is 0 Å². The van der Waals surface area contributed by atoms with Crippen LogP contribution in [0.15, 0.2) is 24.3 Å². The van der Waals surface area contributed by atoms with Crippen LogP contribution in [0.1, 0.15) is 48.5 Å². The molecule has 0 amide bonds. The molecule has 1 aromatic carbocycles. The van der Waals surface area contributed by atoms with Gasteiger partial charge in [0, 0.05) is 14.2 Å². The molecular weight excluding hydrogens is 303 g/mol. The van der Waals surface area contributed by atoms with Gasteiger partial charge < -0.3 is 13.8 Å². The lowest BCUT2D eigenvalue weighted by Gasteiger charge is -2.13. The van der Waals surface area contributed by atoms with E-state index in [2.05, 4.69) is 6.92 Å². The zero-order valence-corrected chi connectivity index (χ0v) is 14.4. The Balaban J connectivity index is 2.50. The van der Waals surface area contributed by atoms with Crippen molar-refractivity contribution in [2.24, 2.45) is 0 Å². The number of rotatable bonds is 10. The summed E-state index contributed by atoms with van der Waals surface area (Å²) in [5.41, 5.74) is 1.27. The summed E-state index contributed by atoms with van der Waals surface area (Å²) in [5.74, 6) is -0.329. The second-order valence-corrected chi connectivity index (χ2v) is 7.30. The molecule has 0 saturated heterocycles. The van der Waals surface area contributed by atoms with Crippen molar-refractivity contribution in [3.8, 4) is 0 Å². The van der Waals surface area contributed by atoms with Crippen LogP contribution in [0.5, 0.6) is 0 Å². The van der Waals surface area contributed by atoms with Crippen molar-refractivity contribution in [3.05, 3.63) is 35.4 Å². The lowest BCUT2D eigenvalue weighted by atomic mass is 10.1. The van der Waals surface area contributed by atoms with E-state index in [4.69, 9.17) is 13.8 Å². The van der Waals surface area contributed by atoms with Gasteiger partial charge in [-0.15, -0.1) is 0 Å². The van der Waals surface area contributed by atoms with Crippen LogP contribution in [0.3, 0.4) is 0 Å². The zero-order valence-electron chi connectivity index (χ0n) is 13.5. The van der Waals surface area contributed by atoms with E-state index >= 15 is 0 Å². The fraction of sp³-hybridized carbons (Fsp3) is 0.562. The van der Waals surface area contributed by atoms with E-state index in [-0.39, 0.29) is 12.1 Å². The Morgan fingerprint density at radius 1 is 1.05 bits per heavy atom. The molecule has 0 heterocycles. The van der Waals surface area contributed by atoms with Crippen molar-refractivity contribution >= 4 is 13.6 Å². The fourth-order valence-electron chi connectivity index (χ4n) is 1.95. The largest absolute Gasteiger partial charge is 0.462 e. The monoisotopic (exact) mass is 328 g/mol. The van der Waals surface area contributed by atoms with Crippen LogP contribution in [0.4, 0.5) is 0 Å². The maximum atomic E-state index is 12.0. The first-order chi connectivity index (χ1) is 10.5. The van der Waals surface area contributed by atoms with Crippen LogP contribution in [-0.2, 0) is 24.5 Å². The van der Waals surface area contributed by atoms with E-state index in [1.807, 2.05) is 0 Å². The zero-order chi connectivity index (χ0) is 16.4. The van der Waals surface area contributed by atoms with Crippen molar-refractivity contribution in [3.63, 3.8) is 0 Å². The van der Waals surface area contributed by atoms with Crippen molar-refractivity contribution < 1.29 is 23.1 Å². The number of hydrogen-bond donors (Lipinski definition) is 0. The number of ether oxygens (including phenoxy) is 1. The number of hydrogen-bond acceptors (Lipinski definition) is 5. The molecule has 0 atom stereocenters. The molecule has 5 nitrogen and oxygen atoms in total. The normalized spacial score (nSPS) is 11.4. The lowest BCUT2D eigenvalue weighted by molar-refractivity contribution is 0.0498. The number of benzene rings is 1. The van der Waals surface area contributed by atoms with E-state index in [1.54, 1.807) is 24.3 Å². The minimum Gasteiger partial charge on any atom is -0.462 e. The summed E-state index contributed by atoms with van der Waals surface area (Å²) in [5, 5.41) is 0. The van der Waals surface area contributed by atoms with Crippen LogP contribution in [0, 0.1) is 0 Å². The molecule has 0 fully saturated rings. The highest BCUT2D eigenvalue weighted by Crippen LogP contribution is 2.49. The lowest BCUT2D eigenvalue weighted by Crippen LogP contribution is -2.06. The van der Waals surface area contributed by atoms with Gasteiger partial charge in [0.1, 0.15) is 0 Å². The van der Waals surface area contributed by atoms with Gasteiger partial charge in [-0.2, -0.15) is 0 Å². The average molecular weight is 328 g/mol. The number of carbonyl (C=O) groups is 1. The van der Waals surface area contributed by atoms with Crippen LogP contribution < -0.4 is 0 Å². The maximum absolute atomic E-state index is 12.0. The Kier molecular flexibility index (Phi) is 8.39. The summed E-state index contributed by atoms with van der Waals surface area (Å²) < 4.78 is 27.0. The topological polar surface area (TPSA) is 61.8 Å². The van der Waals surface area contributed by atoms with Gasteiger partial charge in [0.05, 0.1) is 18.3 Å². The van der Waals surface area contributed by atoms with Crippen LogP contribution in [-0.4, -0.2) is 26.8 Å². The summed E-state index contributed by atoms with van der Waals surface area (Å²) in [6.07, 6.45) is 4.45. The third kappa shape index (κ3) is 6.30. The van der Waals surface area contributed by atoms with Gasteiger partial charge in [-0.05, 0) is 24.1 Å². The van der Waals surface area contributed by atoms with Crippen molar-refractivity contribution in [2.75, 3.05) is 20.8 Å². The molecule has 0 saturated carbocycles. The first-order valence-corrected chi connectivity index (χ1v) is 9.24. The third-order valence-electron chi connectivity index (χ3n) is 3.35. The molecule has 1 rings (SSSR count). The third-order valence-corrected chi connectivity index (χ3v) is 5.22. The van der Waals surface area contributed by atoms with Gasteiger partial charge in [0.25, 0.3) is 0 Å². The fourth-order valence-corrected chi connectivity index (χ4v) is 3.02. The first-order valence-electron chi connectivity index (χ1n) is 7.51. The van der Waals surface area contributed by atoms with E-state index in [1.165, 1.54) is 14.2 Å². The Morgan fingerprint density at radius 3 is 2.23 bits per heavy atom. The molecule has 0 aliphatic rings. The van der Waals surface area contributed by atoms with Gasteiger partial charge in [-0.25, -0.2) is 4.79 Å². The standard InChI is InChI=1S/C16H25O5P/c1-4-5-6-7-12-21-16(17)15-10-8-14(9-11-15)13-22(18,19-2)20-3/h8-11H,4-7,12-13H2,1-3H3. The molecule has 0 aliphatic heterocycles. The van der Waals surface area contributed by atoms with Crippen molar-refractivity contribution in [1.29, 1.82) is 0 Å². The number of carbonyl (C=O) groups excluding carboxylic acids is 1. The minimum absolute atomic E-state index is 0.173. The van der Waals surface area contributed by atoms with Crippen LogP contribution >= 0.6 is 7.60 Å². The highest BCUT2D eigenvalue weighted by atomic mass is 31.2. The highest BCUT2D eigenvalue weighted by Gasteiger charge is 2.21. The molecule has 0 unspecified atom stereocenters. The molecular formula is C16H25O5P. The van der Waals surface area contributed by atoms with Gasteiger partial charge in [-0.1, -0.05) is 38.3 Å². The summed E-state index contributed by atoms with van der Waals surface area (Å²) in [4.78, 5) is 11.9. The summed E-state index contributed by atoms with van der Waals surface area (Å²) >= 11 is 0. The van der Waals surface area contributed by atoms with Crippen LogP contribution in [0.2, 0.25) is 0 Å². The molecule has 124 valence electrons. The Hall–Kier alpha value is -1.16. The molecule has 6 heteroatoms. The van der Waals surface area contributed by atoms with Gasteiger partial charge in [-0.3, -0.25) is 4.57 Å². The van der Waals surface area contributed by atoms with Crippen molar-refractivity contribution in [2.45, 2.75) is 38.8 Å². The molecule has 22 heavy (non-hydrogen) atoms. The van der Waals surface area contributed by atoms with Gasteiger partial charge in [0.2, 0.25) is 0 Å². The highest BCUT2D eigenvalue weighted by molar-refractivity contribution is 7.52. The maximum Gasteiger partial charge on any atom is 0.338 e. The van der Waals surface area contributed by atoms with E-state index < -0.39 is 7.60 Å². The molecule has 0 bridgehead atoms. The smallest absolute Gasteiger partial charge is 0.338 e. The molecule has 0 radical (unpaired) electrons. The molecule has 0 aromatic heterocycles. The second kappa shape index (κ2) is 9.78. The summed E-state index contributed by atoms with van der Waals surface area (Å²) in [7, 11) is -0.375. The number of unbranched alkanes of at least 4 members (excludes halogenated alkanes) is 3. The number of esters is 1. The Bertz CT molecular complexity index is 490. The van der Waals surface area contributed by atoms with E-state index in [9.17, 15) is 9.36 Å². The Morgan fingerprint density at radius 2 is 1.68 bits per heavy atom. The first kappa shape index (κ1) is 18.9. The second-order valence-electron chi connectivity index (χ2n) is 5.03. The average Bonchev–Trinajstić information content (AvgIpc) is 2.55. The summed E-state index contributed by atoms with van der Waals surface area (Å²) in [6.45, 7) is 2.59. The van der Waals surface area contributed by atoms with E-state index in [0.717, 1.165) is 31.2 Å². The van der Waals surface area contributed by atoms with Gasteiger partial charge in [0.15, 0.2) is 0 Å². The molecule has 0 aliphatic carbocycles. The summed E-state index contributed by atoms with van der Waals surface area (Å²) in [6, 6.07) is 6.80. The van der Waals surface area contributed by atoms with Gasteiger partial charge >= 0.3 is 13.6 Å². The van der Waals surface area contributed by atoms with E-state index in [0.29, 0.717) is 12.2 Å². The van der Waals surface area contributed by atoms with Crippen molar-refractivity contribution in [1.82, 2.24) is 0 Å². The minimum atomic E-state index is -3.09. The predicted octanol–water partition coefficient (Wildman–Crippen LogP) is 4.41. The SMILES string of the molecule is CCCCCCOC(=O)c1ccc(CP(=O)(OC)OC)cc1. The molecule has 0 spiro atoms. The predicted molar refractivity (Wildman–Crippen MR) is 86.2 cm³/mol. The molecule has 1 aromatic rings. The quantitative estimate of drug-likeness (QED) is 0.362. The molecule has 0 N–H and O–H groups in total. The Labute approximate surface area is 132 Å².